The lowest BCUT2D eigenvalue weighted by Gasteiger charge is -2.50. The van der Waals surface area contributed by atoms with E-state index in [1.807, 2.05) is 19.9 Å². The van der Waals surface area contributed by atoms with Crippen LogP contribution in [0.15, 0.2) is 63.9 Å². The Kier molecular flexibility index (Phi) is 9.29. The Morgan fingerprint density at radius 2 is 2.02 bits per heavy atom. The number of carbonyl (C=O) groups excluding carboxylic acids is 1. The third kappa shape index (κ3) is 6.99. The third-order valence-corrected chi connectivity index (χ3v) is 10.1. The maximum absolute atomic E-state index is 14.2. The van der Waals surface area contributed by atoms with Crippen LogP contribution in [-0.2, 0) is 28.6 Å². The van der Waals surface area contributed by atoms with E-state index in [4.69, 9.17) is 27.9 Å². The summed E-state index contributed by atoms with van der Waals surface area (Å²) in [6.45, 7) is 14.0. The van der Waals surface area contributed by atoms with Gasteiger partial charge in [-0.1, -0.05) is 74.9 Å². The average molecular weight is 643 g/mol. The Labute approximate surface area is 278 Å². The molecule has 1 spiro atoms. The zero-order valence-corrected chi connectivity index (χ0v) is 28.2. The molecule has 3 fully saturated rings. The topological polar surface area (TPSA) is 116 Å². The molecule has 10 atom stereocenters. The minimum absolute atomic E-state index is 0.0698. The summed E-state index contributed by atoms with van der Waals surface area (Å²) in [5.41, 5.74) is 1.83. The van der Waals surface area contributed by atoms with Crippen LogP contribution in [0.25, 0.3) is 0 Å². The molecule has 2 N–H and O–H groups in total. The molecule has 0 aromatic rings. The molecule has 46 heavy (non-hydrogen) atoms. The lowest BCUT2D eigenvalue weighted by atomic mass is 9.71. The van der Waals surface area contributed by atoms with E-state index in [-0.39, 0.29) is 37.2 Å². The highest BCUT2D eigenvalue weighted by atomic mass is 16.7. The Morgan fingerprint density at radius 1 is 1.24 bits per heavy atom. The second-order valence-corrected chi connectivity index (χ2v) is 14.4. The van der Waals surface area contributed by atoms with Gasteiger partial charge < -0.3 is 34.0 Å². The molecular weight excluding hydrogens is 586 g/mol. The fourth-order valence-electron chi connectivity index (χ4n) is 7.88. The Bertz CT molecular complexity index is 1450. The molecule has 5 rings (SSSR count). The Balaban J connectivity index is 1.56. The van der Waals surface area contributed by atoms with Gasteiger partial charge in [-0.15, -0.1) is 0 Å². The van der Waals surface area contributed by atoms with Crippen molar-refractivity contribution < 1.29 is 42.9 Å². The van der Waals surface area contributed by atoms with Crippen molar-refractivity contribution in [2.24, 2.45) is 28.8 Å². The summed E-state index contributed by atoms with van der Waals surface area (Å²) in [5.74, 6) is -2.94. The number of oxime groups is 1. The van der Waals surface area contributed by atoms with Gasteiger partial charge in [-0.3, -0.25) is 4.79 Å². The first kappa shape index (κ1) is 30.8. The minimum atomic E-state index is -2.73. The van der Waals surface area contributed by atoms with Crippen molar-refractivity contribution in [1.29, 1.82) is 0 Å². The second-order valence-electron chi connectivity index (χ2n) is 14.4. The third-order valence-electron chi connectivity index (χ3n) is 10.1. The number of fused-ring (bicyclic) bond motifs is 2. The zero-order valence-electron chi connectivity index (χ0n) is 31.2. The molecule has 2 bridgehead atoms. The molecule has 0 radical (unpaired) electrons. The standard InChI is InChI=1S/C37H53NO8/c1-21(2)14-25(6)33-26(7)31(38-42-8)19-36(46-33)18-29-17-28(45-36)13-12-23(4)15-22(3)10-9-11-27-20-43-34-32(39)24(5)16-30(35(40)44-29)37(27,34)41/h9-12,14,16,21-22,26,28-30,32-34,39,41H,13,15,17-20H2,1-8H3/b10-9?,23-12?,25-14+,27-11?,38-31+/t22-,26-,28+,29-,30?,32+,33+,34+,36-,37+/m0/s1/i8D3. The van der Waals surface area contributed by atoms with Crippen LogP contribution in [0.3, 0.4) is 0 Å². The minimum Gasteiger partial charge on any atom is -0.462 e. The lowest BCUT2D eigenvalue weighted by Crippen LogP contribution is -2.59. The molecule has 9 nitrogen and oxygen atoms in total. The number of ether oxygens (including phenoxy) is 4. The fraction of sp³-hybridized carbons (Fsp3) is 0.676. The molecule has 0 saturated carbocycles. The molecule has 9 heteroatoms. The van der Waals surface area contributed by atoms with Crippen LogP contribution < -0.4 is 0 Å². The van der Waals surface area contributed by atoms with Gasteiger partial charge in [0.25, 0.3) is 0 Å². The molecule has 4 aliphatic heterocycles. The largest absolute Gasteiger partial charge is 0.462 e. The SMILES string of the molecule is [2H]C([2H])([2H])O/N=C1\C[C@]2(C[C@@H]3C[C@@H](CC=C(C)C[C@@H](C)C=CC=C4CO[C@@H]5[C@H](O)C(C)=CC(C(=O)O3)[C@]45O)O2)O[C@H](/C(C)=C/C(C)C)[C@H]1C. The molecule has 0 aromatic carbocycles. The number of carbonyl (C=O) groups is 1. The zero-order chi connectivity index (χ0) is 35.9. The number of allylic oxidation sites excluding steroid dienone is 5. The van der Waals surface area contributed by atoms with Crippen molar-refractivity contribution in [1.82, 2.24) is 0 Å². The summed E-state index contributed by atoms with van der Waals surface area (Å²) in [6.07, 6.45) is 9.89. The summed E-state index contributed by atoms with van der Waals surface area (Å²) in [6, 6.07) is 0. The van der Waals surface area contributed by atoms with Gasteiger partial charge in [-0.05, 0) is 62.2 Å². The van der Waals surface area contributed by atoms with E-state index in [9.17, 15) is 15.0 Å². The summed E-state index contributed by atoms with van der Waals surface area (Å²) in [7, 11) is -2.73. The van der Waals surface area contributed by atoms with E-state index in [1.165, 1.54) is 5.57 Å². The average Bonchev–Trinajstić information content (AvgIpc) is 3.33. The van der Waals surface area contributed by atoms with E-state index < -0.39 is 60.8 Å². The van der Waals surface area contributed by atoms with Crippen LogP contribution >= 0.6 is 0 Å². The molecule has 0 aromatic heterocycles. The molecule has 1 unspecified atom stereocenters. The van der Waals surface area contributed by atoms with Crippen molar-refractivity contribution >= 4 is 11.7 Å². The van der Waals surface area contributed by atoms with Gasteiger partial charge in [0.05, 0.1) is 28.6 Å². The second kappa shape index (κ2) is 13.9. The monoisotopic (exact) mass is 642 g/mol. The van der Waals surface area contributed by atoms with Crippen molar-refractivity contribution in [3.05, 3.63) is 58.7 Å². The first-order valence-electron chi connectivity index (χ1n) is 18.1. The summed E-state index contributed by atoms with van der Waals surface area (Å²) in [5, 5.41) is 27.3. The highest BCUT2D eigenvalue weighted by Gasteiger charge is 2.60. The van der Waals surface area contributed by atoms with Crippen molar-refractivity contribution in [3.8, 4) is 0 Å². The fourth-order valence-corrected chi connectivity index (χ4v) is 7.88. The molecule has 0 amide bonds. The molecule has 4 heterocycles. The molecular formula is C37H53NO8. The summed E-state index contributed by atoms with van der Waals surface area (Å²) >= 11 is 0. The maximum Gasteiger partial charge on any atom is 0.316 e. The highest BCUT2D eigenvalue weighted by Crippen LogP contribution is 2.47. The van der Waals surface area contributed by atoms with Crippen LogP contribution in [0, 0.1) is 23.7 Å². The van der Waals surface area contributed by atoms with Gasteiger partial charge in [0.1, 0.15) is 36.9 Å². The number of aliphatic hydroxyl groups is 2. The summed E-state index contributed by atoms with van der Waals surface area (Å²) in [4.78, 5) is 19.2. The van der Waals surface area contributed by atoms with E-state index in [2.05, 4.69) is 51.1 Å². The van der Waals surface area contributed by atoms with Crippen molar-refractivity contribution in [2.75, 3.05) is 13.6 Å². The van der Waals surface area contributed by atoms with Gasteiger partial charge in [-0.2, -0.15) is 0 Å². The van der Waals surface area contributed by atoms with Crippen molar-refractivity contribution in [3.63, 3.8) is 0 Å². The maximum atomic E-state index is 14.2. The van der Waals surface area contributed by atoms with Gasteiger partial charge >= 0.3 is 5.97 Å². The van der Waals surface area contributed by atoms with Crippen LogP contribution in [0.5, 0.6) is 0 Å². The first-order chi connectivity index (χ1) is 22.9. The predicted molar refractivity (Wildman–Crippen MR) is 176 cm³/mol. The number of esters is 1. The number of nitrogens with zero attached hydrogens (tertiary/aromatic N) is 1. The smallest absolute Gasteiger partial charge is 0.316 e. The van der Waals surface area contributed by atoms with Gasteiger partial charge in [-0.25, -0.2) is 0 Å². The normalized spacial score (nSPS) is 42.8. The van der Waals surface area contributed by atoms with Gasteiger partial charge in [0.15, 0.2) is 5.79 Å². The summed E-state index contributed by atoms with van der Waals surface area (Å²) < 4.78 is 48.7. The van der Waals surface area contributed by atoms with Gasteiger partial charge in [0, 0.05) is 25.2 Å². The molecule has 254 valence electrons. The van der Waals surface area contributed by atoms with E-state index >= 15 is 0 Å². The Morgan fingerprint density at radius 3 is 2.76 bits per heavy atom. The predicted octanol–water partition coefficient (Wildman–Crippen LogP) is 5.73. The molecule has 1 aliphatic carbocycles. The highest BCUT2D eigenvalue weighted by molar-refractivity contribution is 5.88. The number of hydrogen-bond donors (Lipinski definition) is 2. The van der Waals surface area contributed by atoms with Crippen LogP contribution in [-0.4, -0.2) is 77.4 Å². The number of hydrogen-bond acceptors (Lipinski definition) is 9. The Hall–Kier alpha value is -2.56. The van der Waals surface area contributed by atoms with Crippen LogP contribution in [0.4, 0.5) is 0 Å². The van der Waals surface area contributed by atoms with Gasteiger partial charge in [0.2, 0.25) is 0 Å². The number of aliphatic hydroxyl groups excluding tert-OH is 1. The molecule has 5 aliphatic rings. The van der Waals surface area contributed by atoms with E-state index in [0.29, 0.717) is 29.7 Å². The quantitative estimate of drug-likeness (QED) is 0.228. The van der Waals surface area contributed by atoms with Crippen LogP contribution in [0.2, 0.25) is 0 Å². The van der Waals surface area contributed by atoms with E-state index in [1.54, 1.807) is 19.1 Å². The molecule has 3 saturated heterocycles. The van der Waals surface area contributed by atoms with Crippen molar-refractivity contribution in [2.45, 2.75) is 122 Å². The van der Waals surface area contributed by atoms with E-state index in [0.717, 1.165) is 12.0 Å². The van der Waals surface area contributed by atoms with Crippen LogP contribution in [0.1, 0.15) is 84.7 Å². The number of rotatable bonds is 3. The first-order valence-corrected chi connectivity index (χ1v) is 16.6. The lowest BCUT2D eigenvalue weighted by molar-refractivity contribution is -0.313.